The van der Waals surface area contributed by atoms with Gasteiger partial charge in [0, 0.05) is 46.2 Å². The van der Waals surface area contributed by atoms with Gasteiger partial charge in [0.25, 0.3) is 0 Å². The first kappa shape index (κ1) is 23.3. The van der Waals surface area contributed by atoms with E-state index in [0.29, 0.717) is 11.4 Å². The smallest absolute Gasteiger partial charge is 0.414 e. The SMILES string of the molecule is CCN(CC)CCN1CCN(c2ccc(N3CC(CNC(C)=O)OC3=O)cc2F)CC1. The highest BCUT2D eigenvalue weighted by Crippen LogP contribution is 2.28. The quantitative estimate of drug-likeness (QED) is 0.638. The Morgan fingerprint density at radius 3 is 2.55 bits per heavy atom. The zero-order chi connectivity index (χ0) is 22.4. The highest BCUT2D eigenvalue weighted by Gasteiger charge is 2.33. The van der Waals surface area contributed by atoms with Crippen LogP contribution in [0.2, 0.25) is 0 Å². The van der Waals surface area contributed by atoms with Crippen LogP contribution < -0.4 is 15.1 Å². The lowest BCUT2D eigenvalue weighted by molar-refractivity contribution is -0.119. The van der Waals surface area contributed by atoms with E-state index < -0.39 is 12.2 Å². The van der Waals surface area contributed by atoms with Gasteiger partial charge in [0.05, 0.1) is 24.5 Å². The normalized spacial score (nSPS) is 19.8. The number of carbonyl (C=O) groups is 2. The Balaban J connectivity index is 1.54. The predicted molar refractivity (Wildman–Crippen MR) is 119 cm³/mol. The number of cyclic esters (lactones) is 1. The van der Waals surface area contributed by atoms with Crippen LogP contribution in [0.15, 0.2) is 18.2 Å². The topological polar surface area (TPSA) is 68.4 Å². The highest BCUT2D eigenvalue weighted by atomic mass is 19.1. The van der Waals surface area contributed by atoms with Crippen molar-refractivity contribution in [2.75, 3.05) is 75.2 Å². The molecule has 2 fully saturated rings. The second-order valence-electron chi connectivity index (χ2n) is 8.04. The fraction of sp³-hybridized carbons (Fsp3) is 0.636. The van der Waals surface area contributed by atoms with E-state index in [4.69, 9.17) is 4.74 Å². The third-order valence-electron chi connectivity index (χ3n) is 6.04. The van der Waals surface area contributed by atoms with Crippen LogP contribution in [0.5, 0.6) is 0 Å². The summed E-state index contributed by atoms with van der Waals surface area (Å²) in [6, 6.07) is 4.89. The Kier molecular flexibility index (Phi) is 8.09. The van der Waals surface area contributed by atoms with Crippen molar-refractivity contribution in [3.63, 3.8) is 0 Å². The van der Waals surface area contributed by atoms with E-state index in [2.05, 4.69) is 33.9 Å². The molecule has 1 N–H and O–H groups in total. The molecule has 172 valence electrons. The highest BCUT2D eigenvalue weighted by molar-refractivity contribution is 5.90. The number of nitrogens with zero attached hydrogens (tertiary/aromatic N) is 4. The molecule has 31 heavy (non-hydrogen) atoms. The van der Waals surface area contributed by atoms with Gasteiger partial charge in [0.1, 0.15) is 11.9 Å². The van der Waals surface area contributed by atoms with Crippen molar-refractivity contribution in [2.45, 2.75) is 26.9 Å². The summed E-state index contributed by atoms with van der Waals surface area (Å²) in [5.41, 5.74) is 1.03. The number of piperazine rings is 1. The van der Waals surface area contributed by atoms with Crippen molar-refractivity contribution in [1.82, 2.24) is 15.1 Å². The lowest BCUT2D eigenvalue weighted by atomic mass is 10.2. The second-order valence-corrected chi connectivity index (χ2v) is 8.04. The molecule has 0 spiro atoms. The molecule has 1 aromatic carbocycles. The Morgan fingerprint density at radius 1 is 1.23 bits per heavy atom. The van der Waals surface area contributed by atoms with Crippen molar-refractivity contribution in [2.24, 2.45) is 0 Å². The van der Waals surface area contributed by atoms with Crippen LogP contribution in [0, 0.1) is 5.82 Å². The monoisotopic (exact) mass is 435 g/mol. The number of benzene rings is 1. The van der Waals surface area contributed by atoms with Crippen molar-refractivity contribution in [1.29, 1.82) is 0 Å². The summed E-state index contributed by atoms with van der Waals surface area (Å²) in [5, 5.41) is 2.64. The summed E-state index contributed by atoms with van der Waals surface area (Å²) in [6.07, 6.45) is -0.965. The summed E-state index contributed by atoms with van der Waals surface area (Å²) < 4.78 is 20.2. The first-order valence-electron chi connectivity index (χ1n) is 11.1. The maximum Gasteiger partial charge on any atom is 0.414 e. The number of ether oxygens (including phenoxy) is 1. The molecule has 2 aliphatic heterocycles. The third kappa shape index (κ3) is 6.07. The Bertz CT molecular complexity index is 766. The number of hydrogen-bond donors (Lipinski definition) is 1. The van der Waals surface area contributed by atoms with Crippen molar-refractivity contribution >= 4 is 23.4 Å². The zero-order valence-electron chi connectivity index (χ0n) is 18.8. The summed E-state index contributed by atoms with van der Waals surface area (Å²) in [4.78, 5) is 31.5. The summed E-state index contributed by atoms with van der Waals surface area (Å²) in [6.45, 7) is 13.9. The molecule has 1 aromatic rings. The molecule has 2 saturated heterocycles. The van der Waals surface area contributed by atoms with Gasteiger partial charge in [-0.1, -0.05) is 13.8 Å². The molecular formula is C22H34FN5O3. The number of carbonyl (C=O) groups excluding carboxylic acids is 2. The van der Waals surface area contributed by atoms with E-state index >= 15 is 0 Å². The Labute approximate surface area is 183 Å². The molecule has 0 radical (unpaired) electrons. The molecule has 0 aromatic heterocycles. The first-order valence-corrected chi connectivity index (χ1v) is 11.1. The van der Waals surface area contributed by atoms with Crippen molar-refractivity contribution in [3.8, 4) is 0 Å². The number of likely N-dealkylation sites (N-methyl/N-ethyl adjacent to an activating group) is 1. The number of hydrogen-bond acceptors (Lipinski definition) is 6. The first-order chi connectivity index (χ1) is 14.9. The van der Waals surface area contributed by atoms with Gasteiger partial charge >= 0.3 is 6.09 Å². The van der Waals surface area contributed by atoms with Gasteiger partial charge in [-0.2, -0.15) is 0 Å². The van der Waals surface area contributed by atoms with Crippen LogP contribution in [0.4, 0.5) is 20.6 Å². The molecule has 3 rings (SSSR count). The van der Waals surface area contributed by atoms with Crippen LogP contribution in [-0.2, 0) is 9.53 Å². The van der Waals surface area contributed by atoms with Gasteiger partial charge in [0.2, 0.25) is 5.91 Å². The molecule has 9 heteroatoms. The lowest BCUT2D eigenvalue weighted by Crippen LogP contribution is -2.48. The fourth-order valence-corrected chi connectivity index (χ4v) is 4.05. The maximum atomic E-state index is 14.9. The number of amides is 2. The van der Waals surface area contributed by atoms with Crippen LogP contribution in [0.25, 0.3) is 0 Å². The fourth-order valence-electron chi connectivity index (χ4n) is 4.05. The summed E-state index contributed by atoms with van der Waals surface area (Å²) in [5.74, 6) is -0.523. The maximum absolute atomic E-state index is 14.9. The standard InChI is InChI=1S/C22H34FN5O3/c1-4-25(5-2)8-9-26-10-12-27(13-11-26)21-7-6-18(14-20(21)23)28-16-19(31-22(28)30)15-24-17(3)29/h6-7,14,19H,4-5,8-13,15-16H2,1-3H3,(H,24,29). The molecular weight excluding hydrogens is 401 g/mol. The van der Waals surface area contributed by atoms with Crippen LogP contribution in [-0.4, -0.2) is 93.4 Å². The van der Waals surface area contributed by atoms with Gasteiger partial charge in [-0.05, 0) is 31.3 Å². The molecule has 2 heterocycles. The van der Waals surface area contributed by atoms with E-state index in [9.17, 15) is 14.0 Å². The van der Waals surface area contributed by atoms with E-state index in [0.717, 1.165) is 52.4 Å². The largest absolute Gasteiger partial charge is 0.442 e. The molecule has 2 amide bonds. The molecule has 0 saturated carbocycles. The number of anilines is 2. The number of halogens is 1. The molecule has 0 bridgehead atoms. The van der Waals surface area contributed by atoms with E-state index in [1.807, 2.05) is 0 Å². The molecule has 1 atom stereocenters. The third-order valence-corrected chi connectivity index (χ3v) is 6.04. The van der Waals surface area contributed by atoms with Crippen molar-refractivity contribution < 1.29 is 18.7 Å². The zero-order valence-corrected chi connectivity index (χ0v) is 18.8. The predicted octanol–water partition coefficient (Wildman–Crippen LogP) is 1.75. The minimum atomic E-state index is -0.524. The van der Waals surface area contributed by atoms with Crippen LogP contribution >= 0.6 is 0 Å². The minimum Gasteiger partial charge on any atom is -0.442 e. The molecule has 0 aliphatic carbocycles. The summed E-state index contributed by atoms with van der Waals surface area (Å²) >= 11 is 0. The van der Waals surface area contributed by atoms with Crippen molar-refractivity contribution in [3.05, 3.63) is 24.0 Å². The van der Waals surface area contributed by atoms with Crippen LogP contribution in [0.1, 0.15) is 20.8 Å². The lowest BCUT2D eigenvalue weighted by Gasteiger charge is -2.37. The van der Waals surface area contributed by atoms with E-state index in [1.54, 1.807) is 12.1 Å². The van der Waals surface area contributed by atoms with Gasteiger partial charge in [-0.3, -0.25) is 14.6 Å². The molecule has 2 aliphatic rings. The van der Waals surface area contributed by atoms with Crippen LogP contribution in [0.3, 0.4) is 0 Å². The Morgan fingerprint density at radius 2 is 1.94 bits per heavy atom. The van der Waals surface area contributed by atoms with Gasteiger partial charge in [-0.15, -0.1) is 0 Å². The average molecular weight is 436 g/mol. The Hall–Kier alpha value is -2.39. The van der Waals surface area contributed by atoms with Gasteiger partial charge in [0.15, 0.2) is 0 Å². The number of rotatable bonds is 9. The average Bonchev–Trinajstić information content (AvgIpc) is 3.14. The van der Waals surface area contributed by atoms with E-state index in [-0.39, 0.29) is 24.8 Å². The summed E-state index contributed by atoms with van der Waals surface area (Å²) in [7, 11) is 0. The second kappa shape index (κ2) is 10.8. The number of nitrogens with one attached hydrogen (secondary N) is 1. The van der Waals surface area contributed by atoms with Gasteiger partial charge in [-0.25, -0.2) is 9.18 Å². The molecule has 1 unspecified atom stereocenters. The van der Waals surface area contributed by atoms with E-state index in [1.165, 1.54) is 17.9 Å². The van der Waals surface area contributed by atoms with Gasteiger partial charge < -0.3 is 19.9 Å². The molecule has 8 nitrogen and oxygen atoms in total. The minimum absolute atomic E-state index is 0.182.